The highest BCUT2D eigenvalue weighted by molar-refractivity contribution is 8.76. The molecule has 0 saturated carbocycles. The van der Waals surface area contributed by atoms with E-state index in [2.05, 4.69) is 12.1 Å². The lowest BCUT2D eigenvalue weighted by Gasteiger charge is -1.96. The molecule has 0 fully saturated rings. The number of halogens is 1. The van der Waals surface area contributed by atoms with Crippen LogP contribution in [0.2, 0.25) is 0 Å². The van der Waals surface area contributed by atoms with E-state index in [0.717, 1.165) is 11.6 Å². The van der Waals surface area contributed by atoms with Gasteiger partial charge in [-0.2, -0.15) is 0 Å². The molecule has 0 amide bonds. The predicted molar refractivity (Wildman–Crippen MR) is 55.5 cm³/mol. The van der Waals surface area contributed by atoms with Gasteiger partial charge in [0.1, 0.15) is 0 Å². The summed E-state index contributed by atoms with van der Waals surface area (Å²) in [7, 11) is 3.57. The molecule has 0 heterocycles. The molecule has 0 aliphatic rings. The first-order valence-corrected chi connectivity index (χ1v) is 6.19. The van der Waals surface area contributed by atoms with Crippen molar-refractivity contribution in [1.29, 1.82) is 0 Å². The van der Waals surface area contributed by atoms with Crippen LogP contribution in [-0.4, -0.2) is 11.6 Å². The third-order valence-electron chi connectivity index (χ3n) is 1.06. The summed E-state index contributed by atoms with van der Waals surface area (Å²) in [6.45, 7) is 0. The van der Waals surface area contributed by atoms with Gasteiger partial charge >= 0.3 is 0 Å². The summed E-state index contributed by atoms with van der Waals surface area (Å²) >= 11 is 5.53. The number of alkyl halides is 1. The van der Waals surface area contributed by atoms with Crippen LogP contribution in [0.3, 0.4) is 0 Å². The van der Waals surface area contributed by atoms with Crippen molar-refractivity contribution in [2.45, 2.75) is 4.90 Å². The molecule has 1 rings (SSSR count). The van der Waals surface area contributed by atoms with Crippen molar-refractivity contribution in [3.8, 4) is 0 Å². The van der Waals surface area contributed by atoms with Crippen LogP contribution in [0, 0.1) is 0 Å². The zero-order valence-electron chi connectivity index (χ0n) is 6.00. The molecule has 0 atom stereocenters. The maximum Gasteiger partial charge on any atom is 0.0322 e. The number of rotatable bonds is 4. The molecular formula is C8H9ClS2. The maximum atomic E-state index is 5.53. The topological polar surface area (TPSA) is 0 Å². The largest absolute Gasteiger partial charge is 0.126 e. The number of hydrogen-bond donors (Lipinski definition) is 0. The highest BCUT2D eigenvalue weighted by Crippen LogP contribution is 2.30. The molecular weight excluding hydrogens is 196 g/mol. The first-order valence-electron chi connectivity index (χ1n) is 3.34. The Balaban J connectivity index is 2.28. The summed E-state index contributed by atoms with van der Waals surface area (Å²) in [5.74, 6) is 1.73. The molecule has 0 N–H and O–H groups in total. The molecule has 0 aliphatic heterocycles. The Bertz CT molecular complexity index is 189. The van der Waals surface area contributed by atoms with Crippen LogP contribution in [0.4, 0.5) is 0 Å². The summed E-state index contributed by atoms with van der Waals surface area (Å²) in [5.41, 5.74) is 0. The first-order chi connectivity index (χ1) is 5.43. The average molecular weight is 205 g/mol. The van der Waals surface area contributed by atoms with E-state index in [1.807, 2.05) is 18.2 Å². The van der Waals surface area contributed by atoms with Crippen molar-refractivity contribution >= 4 is 33.2 Å². The Morgan fingerprint density at radius 2 is 1.91 bits per heavy atom. The lowest BCUT2D eigenvalue weighted by atomic mass is 10.4. The second-order valence-corrected chi connectivity index (χ2v) is 4.77. The van der Waals surface area contributed by atoms with E-state index < -0.39 is 0 Å². The van der Waals surface area contributed by atoms with Crippen LogP contribution >= 0.6 is 33.2 Å². The van der Waals surface area contributed by atoms with E-state index in [1.54, 1.807) is 21.6 Å². The molecule has 60 valence electrons. The fourth-order valence-corrected chi connectivity index (χ4v) is 2.92. The van der Waals surface area contributed by atoms with Crippen molar-refractivity contribution in [3.63, 3.8) is 0 Å². The van der Waals surface area contributed by atoms with Gasteiger partial charge in [0, 0.05) is 16.5 Å². The highest BCUT2D eigenvalue weighted by Gasteiger charge is 1.90. The smallest absolute Gasteiger partial charge is 0.0322 e. The third-order valence-corrected chi connectivity index (χ3v) is 3.86. The van der Waals surface area contributed by atoms with Crippen LogP contribution in [0.25, 0.3) is 0 Å². The zero-order valence-corrected chi connectivity index (χ0v) is 8.38. The van der Waals surface area contributed by atoms with Crippen LogP contribution in [0.1, 0.15) is 0 Å². The number of hydrogen-bond acceptors (Lipinski definition) is 2. The van der Waals surface area contributed by atoms with E-state index >= 15 is 0 Å². The SMILES string of the molecule is ClCCSSc1ccccc1. The van der Waals surface area contributed by atoms with Gasteiger partial charge in [-0.25, -0.2) is 0 Å². The Morgan fingerprint density at radius 3 is 2.55 bits per heavy atom. The van der Waals surface area contributed by atoms with Gasteiger partial charge in [-0.15, -0.1) is 11.6 Å². The number of benzene rings is 1. The van der Waals surface area contributed by atoms with Gasteiger partial charge in [0.25, 0.3) is 0 Å². The Hall–Kier alpha value is 0.210. The van der Waals surface area contributed by atoms with E-state index in [-0.39, 0.29) is 0 Å². The van der Waals surface area contributed by atoms with E-state index in [9.17, 15) is 0 Å². The van der Waals surface area contributed by atoms with Gasteiger partial charge in [-0.1, -0.05) is 39.8 Å². The van der Waals surface area contributed by atoms with Gasteiger partial charge in [-0.05, 0) is 12.1 Å². The van der Waals surface area contributed by atoms with Crippen molar-refractivity contribution < 1.29 is 0 Å². The Labute approximate surface area is 80.1 Å². The van der Waals surface area contributed by atoms with Crippen molar-refractivity contribution in [1.82, 2.24) is 0 Å². The molecule has 0 bridgehead atoms. The lowest BCUT2D eigenvalue weighted by molar-refractivity contribution is 1.48. The van der Waals surface area contributed by atoms with E-state index in [0.29, 0.717) is 0 Å². The Kier molecular flexibility index (Phi) is 4.91. The molecule has 11 heavy (non-hydrogen) atoms. The monoisotopic (exact) mass is 204 g/mol. The summed E-state index contributed by atoms with van der Waals surface area (Å²) in [6.07, 6.45) is 0. The molecule has 0 aromatic heterocycles. The second kappa shape index (κ2) is 5.81. The van der Waals surface area contributed by atoms with Crippen molar-refractivity contribution in [3.05, 3.63) is 30.3 Å². The summed E-state index contributed by atoms with van der Waals surface area (Å²) in [5, 5.41) is 0. The van der Waals surface area contributed by atoms with Crippen molar-refractivity contribution in [2.75, 3.05) is 11.6 Å². The molecule has 0 nitrogen and oxygen atoms in total. The molecule has 0 unspecified atom stereocenters. The second-order valence-electron chi connectivity index (χ2n) is 1.91. The molecule has 0 radical (unpaired) electrons. The van der Waals surface area contributed by atoms with Gasteiger partial charge in [-0.3, -0.25) is 0 Å². The van der Waals surface area contributed by atoms with Gasteiger partial charge < -0.3 is 0 Å². The Morgan fingerprint density at radius 1 is 1.18 bits per heavy atom. The highest BCUT2D eigenvalue weighted by atomic mass is 35.5. The first kappa shape index (κ1) is 9.30. The molecule has 0 saturated heterocycles. The fraction of sp³-hybridized carbons (Fsp3) is 0.250. The van der Waals surface area contributed by atoms with E-state index in [4.69, 9.17) is 11.6 Å². The van der Waals surface area contributed by atoms with Crippen LogP contribution in [0.5, 0.6) is 0 Å². The summed E-state index contributed by atoms with van der Waals surface area (Å²) in [4.78, 5) is 1.29. The van der Waals surface area contributed by atoms with Gasteiger partial charge in [0.2, 0.25) is 0 Å². The molecule has 1 aromatic carbocycles. The minimum atomic E-state index is 0.727. The minimum Gasteiger partial charge on any atom is -0.126 e. The molecule has 3 heteroatoms. The third kappa shape index (κ3) is 3.94. The lowest BCUT2D eigenvalue weighted by Crippen LogP contribution is -1.73. The average Bonchev–Trinajstić information content (AvgIpc) is 2.07. The minimum absolute atomic E-state index is 0.727. The zero-order chi connectivity index (χ0) is 7.94. The summed E-state index contributed by atoms with van der Waals surface area (Å²) in [6, 6.07) is 10.3. The standard InChI is InChI=1S/C8H9ClS2/c9-6-7-10-11-8-4-2-1-3-5-8/h1-5H,6-7H2. The molecule has 0 spiro atoms. The van der Waals surface area contributed by atoms with Crippen LogP contribution < -0.4 is 0 Å². The van der Waals surface area contributed by atoms with Crippen LogP contribution in [0.15, 0.2) is 35.2 Å². The van der Waals surface area contributed by atoms with Crippen LogP contribution in [-0.2, 0) is 0 Å². The van der Waals surface area contributed by atoms with Gasteiger partial charge in [0.15, 0.2) is 0 Å². The predicted octanol–water partition coefficient (Wildman–Crippen LogP) is 3.67. The molecule has 1 aromatic rings. The van der Waals surface area contributed by atoms with Crippen molar-refractivity contribution in [2.24, 2.45) is 0 Å². The quantitative estimate of drug-likeness (QED) is 0.417. The molecule has 0 aliphatic carbocycles. The van der Waals surface area contributed by atoms with E-state index in [1.165, 1.54) is 4.90 Å². The summed E-state index contributed by atoms with van der Waals surface area (Å²) < 4.78 is 0. The normalized spacial score (nSPS) is 9.91. The fourth-order valence-electron chi connectivity index (χ4n) is 0.617. The van der Waals surface area contributed by atoms with Gasteiger partial charge in [0.05, 0.1) is 0 Å². The maximum absolute atomic E-state index is 5.53.